The summed E-state index contributed by atoms with van der Waals surface area (Å²) in [5.41, 5.74) is 2.00. The van der Waals surface area contributed by atoms with Gasteiger partial charge in [0.2, 0.25) is 10.0 Å². The molecule has 0 N–H and O–H groups in total. The fourth-order valence-electron chi connectivity index (χ4n) is 5.14. The zero-order valence-corrected chi connectivity index (χ0v) is 24.5. The molecule has 0 fully saturated rings. The second-order valence-electron chi connectivity index (χ2n) is 10.7. The van der Waals surface area contributed by atoms with Gasteiger partial charge in [0.05, 0.1) is 5.69 Å². The zero-order chi connectivity index (χ0) is 30.9. The second-order valence-corrected chi connectivity index (χ2v) is 12.7. The quantitative estimate of drug-likeness (QED) is 0.196. The van der Waals surface area contributed by atoms with Crippen molar-refractivity contribution in [2.45, 2.75) is 37.6 Å². The molecule has 4 aromatic carbocycles. The summed E-state index contributed by atoms with van der Waals surface area (Å²) >= 11 is 0. The van der Waals surface area contributed by atoms with Crippen molar-refractivity contribution in [2.75, 3.05) is 18.5 Å². The Kier molecular flexibility index (Phi) is 8.40. The van der Waals surface area contributed by atoms with Crippen molar-refractivity contribution >= 4 is 21.4 Å². The molecule has 4 aromatic rings. The molecule has 0 unspecified atom stereocenters. The Balaban J connectivity index is 1.70. The van der Waals surface area contributed by atoms with Crippen LogP contribution in [0, 0.1) is 11.7 Å². The lowest BCUT2D eigenvalue weighted by Gasteiger charge is -2.30. The maximum absolute atomic E-state index is 14.1. The molecule has 0 aromatic heterocycles. The third-order valence-electron chi connectivity index (χ3n) is 7.17. The van der Waals surface area contributed by atoms with Crippen LogP contribution in [0.1, 0.15) is 20.3 Å². The first-order chi connectivity index (χ1) is 20.3. The number of benzene rings is 4. The fraction of sp³-hybridized carbons (Fsp3) is 0.250. The van der Waals surface area contributed by atoms with Gasteiger partial charge in [-0.1, -0.05) is 44.2 Å². The predicted molar refractivity (Wildman–Crippen MR) is 157 cm³/mol. The number of fused-ring (bicyclic) bond motifs is 1. The maximum atomic E-state index is 14.1. The van der Waals surface area contributed by atoms with E-state index < -0.39 is 28.0 Å². The lowest BCUT2D eigenvalue weighted by molar-refractivity contribution is -0.274. The lowest BCUT2D eigenvalue weighted by Crippen LogP contribution is -2.41. The van der Waals surface area contributed by atoms with E-state index in [-0.39, 0.29) is 28.4 Å². The van der Waals surface area contributed by atoms with Crippen molar-refractivity contribution in [1.82, 2.24) is 4.31 Å². The Bertz CT molecular complexity index is 1680. The van der Waals surface area contributed by atoms with E-state index in [1.54, 1.807) is 13.1 Å². The molecule has 0 aliphatic carbocycles. The topological polar surface area (TPSA) is 59.1 Å². The largest absolute Gasteiger partial charge is 0.573 e. The number of hydrogen-bond acceptors (Lipinski definition) is 5. The molecular formula is C32H30F4N2O4S. The van der Waals surface area contributed by atoms with Crippen molar-refractivity contribution < 1.29 is 35.5 Å². The minimum absolute atomic E-state index is 0.0470. The highest BCUT2D eigenvalue weighted by atomic mass is 32.2. The summed E-state index contributed by atoms with van der Waals surface area (Å²) in [6, 6.07) is 22.6. The Morgan fingerprint density at radius 3 is 2.14 bits per heavy atom. The number of likely N-dealkylation sites (N-methyl/N-ethyl adjacent to an activating group) is 1. The molecular weight excluding hydrogens is 584 g/mol. The number of nitrogens with zero attached hydrogens (tertiary/aromatic N) is 2. The number of alkyl halides is 3. The minimum Gasteiger partial charge on any atom is -0.457 e. The van der Waals surface area contributed by atoms with Crippen LogP contribution in [0.4, 0.5) is 28.9 Å². The first-order valence-electron chi connectivity index (χ1n) is 13.6. The molecule has 6 nitrogen and oxygen atoms in total. The van der Waals surface area contributed by atoms with E-state index in [9.17, 15) is 26.0 Å². The molecule has 226 valence electrons. The third kappa shape index (κ3) is 6.78. The van der Waals surface area contributed by atoms with E-state index in [1.165, 1.54) is 46.8 Å². The smallest absolute Gasteiger partial charge is 0.457 e. The number of sulfonamides is 1. The van der Waals surface area contributed by atoms with Gasteiger partial charge in [-0.25, -0.2) is 12.8 Å². The molecule has 0 spiro atoms. The van der Waals surface area contributed by atoms with E-state index in [0.29, 0.717) is 29.8 Å². The van der Waals surface area contributed by atoms with E-state index >= 15 is 0 Å². The van der Waals surface area contributed by atoms with Crippen LogP contribution in [-0.4, -0.2) is 38.7 Å². The molecule has 1 aliphatic rings. The first kappa shape index (κ1) is 30.4. The summed E-state index contributed by atoms with van der Waals surface area (Å²) in [7, 11) is -2.43. The Hall–Kier alpha value is -4.09. The van der Waals surface area contributed by atoms with Crippen molar-refractivity contribution in [1.29, 1.82) is 0 Å². The summed E-state index contributed by atoms with van der Waals surface area (Å²) in [5.74, 6) is -0.243. The number of halogens is 4. The summed E-state index contributed by atoms with van der Waals surface area (Å²) in [6.45, 7) is 4.44. The highest BCUT2D eigenvalue weighted by Gasteiger charge is 2.38. The third-order valence-corrected chi connectivity index (χ3v) is 9.11. The van der Waals surface area contributed by atoms with Crippen molar-refractivity contribution in [2.24, 2.45) is 5.92 Å². The van der Waals surface area contributed by atoms with E-state index in [0.717, 1.165) is 17.8 Å². The highest BCUT2D eigenvalue weighted by molar-refractivity contribution is 7.89. The fourth-order valence-corrected chi connectivity index (χ4v) is 6.69. The standard InChI is InChI=1S/C32H30F4N2O4S/c1-21(2)17-25-20-38(24-7-5-4-6-8-24)29-19-30(41-26-13-15-27(16-14-26)42-32(34,35)36)28(22-9-11-23(33)12-10-22)18-31(29)43(39,40)37(25)3/h4-16,18-19,21,25H,17,20H2,1-3H3/t25-/m1/s1. The summed E-state index contributed by atoms with van der Waals surface area (Å²) in [6.07, 6.45) is -4.23. The van der Waals surface area contributed by atoms with Gasteiger partial charge in [-0.2, -0.15) is 4.31 Å². The molecule has 0 amide bonds. The van der Waals surface area contributed by atoms with Gasteiger partial charge in [0.15, 0.2) is 0 Å². The molecule has 0 saturated carbocycles. The molecule has 0 radical (unpaired) electrons. The normalized spacial score (nSPS) is 16.9. The Labute approximate surface area is 248 Å². The van der Waals surface area contributed by atoms with Crippen LogP contribution in [0.15, 0.2) is 95.9 Å². The van der Waals surface area contributed by atoms with E-state index in [1.807, 2.05) is 49.1 Å². The summed E-state index contributed by atoms with van der Waals surface area (Å²) < 4.78 is 91.7. The zero-order valence-electron chi connectivity index (χ0n) is 23.7. The van der Waals surface area contributed by atoms with Gasteiger partial charge in [-0.05, 0) is 72.5 Å². The van der Waals surface area contributed by atoms with Gasteiger partial charge in [-0.15, -0.1) is 13.2 Å². The van der Waals surface area contributed by atoms with E-state index in [4.69, 9.17) is 4.74 Å². The van der Waals surface area contributed by atoms with Gasteiger partial charge < -0.3 is 14.4 Å². The lowest BCUT2D eigenvalue weighted by atomic mass is 10.0. The molecule has 1 heterocycles. The monoisotopic (exact) mass is 614 g/mol. The van der Waals surface area contributed by atoms with Crippen molar-refractivity contribution in [3.8, 4) is 28.4 Å². The van der Waals surface area contributed by atoms with Crippen LogP contribution in [0.2, 0.25) is 0 Å². The van der Waals surface area contributed by atoms with Crippen LogP contribution in [0.5, 0.6) is 17.2 Å². The van der Waals surface area contributed by atoms with Crippen LogP contribution in [0.25, 0.3) is 11.1 Å². The van der Waals surface area contributed by atoms with Gasteiger partial charge in [-0.3, -0.25) is 0 Å². The molecule has 11 heteroatoms. The summed E-state index contributed by atoms with van der Waals surface area (Å²) in [5, 5.41) is 0. The van der Waals surface area contributed by atoms with Gasteiger partial charge in [0, 0.05) is 37.0 Å². The molecule has 0 bridgehead atoms. The number of hydrogen-bond donors (Lipinski definition) is 0. The van der Waals surface area contributed by atoms with Gasteiger partial charge in [0.1, 0.15) is 28.0 Å². The molecule has 5 rings (SSSR count). The van der Waals surface area contributed by atoms with Crippen molar-refractivity contribution in [3.05, 3.63) is 96.8 Å². The average Bonchev–Trinajstić information content (AvgIpc) is 3.02. The Morgan fingerprint density at radius 1 is 0.907 bits per heavy atom. The molecule has 1 aliphatic heterocycles. The number of ether oxygens (including phenoxy) is 2. The molecule has 1 atom stereocenters. The highest BCUT2D eigenvalue weighted by Crippen LogP contribution is 2.45. The number of anilines is 2. The minimum atomic E-state index is -4.85. The average molecular weight is 615 g/mol. The van der Waals surface area contributed by atoms with Crippen LogP contribution >= 0.6 is 0 Å². The van der Waals surface area contributed by atoms with E-state index in [2.05, 4.69) is 4.74 Å². The van der Waals surface area contributed by atoms with Crippen LogP contribution in [0.3, 0.4) is 0 Å². The maximum Gasteiger partial charge on any atom is 0.573 e. The summed E-state index contributed by atoms with van der Waals surface area (Å²) in [4.78, 5) is 1.98. The molecule has 0 saturated heterocycles. The number of rotatable bonds is 7. The SMILES string of the molecule is CC(C)C[C@@H]1CN(c2ccccc2)c2cc(Oc3ccc(OC(F)(F)F)cc3)c(-c3ccc(F)cc3)cc2S(=O)(=O)N1C. The number of para-hydroxylation sites is 1. The van der Waals surface area contributed by atoms with Gasteiger partial charge >= 0.3 is 6.36 Å². The Morgan fingerprint density at radius 2 is 1.53 bits per heavy atom. The molecule has 43 heavy (non-hydrogen) atoms. The van der Waals surface area contributed by atoms with Crippen LogP contribution in [-0.2, 0) is 10.0 Å². The first-order valence-corrected chi connectivity index (χ1v) is 15.0. The van der Waals surface area contributed by atoms with Gasteiger partial charge in [0.25, 0.3) is 0 Å². The van der Waals surface area contributed by atoms with Crippen molar-refractivity contribution in [3.63, 3.8) is 0 Å². The predicted octanol–water partition coefficient (Wildman–Crippen LogP) is 8.37. The second kappa shape index (κ2) is 11.9. The van der Waals surface area contributed by atoms with Crippen LogP contribution < -0.4 is 14.4 Å².